The molecule has 0 aliphatic heterocycles. The van der Waals surface area contributed by atoms with E-state index in [1.807, 2.05) is 36.4 Å². The number of fused-ring (bicyclic) bond motifs is 3. The van der Waals surface area contributed by atoms with Crippen molar-refractivity contribution in [3.63, 3.8) is 0 Å². The van der Waals surface area contributed by atoms with Gasteiger partial charge in [-0.25, -0.2) is 0 Å². The Hall–Kier alpha value is -3.11. The molecule has 0 unspecified atom stereocenters. The number of hydrogen-bond acceptors (Lipinski definition) is 4. The molecular weight excluding hydrogens is 376 g/mol. The van der Waals surface area contributed by atoms with Gasteiger partial charge in [0.25, 0.3) is 0 Å². The van der Waals surface area contributed by atoms with Gasteiger partial charge in [-0.1, -0.05) is 41.9 Å². The van der Waals surface area contributed by atoms with Crippen molar-refractivity contribution in [2.45, 2.75) is 19.4 Å². The van der Waals surface area contributed by atoms with Crippen LogP contribution in [0.2, 0.25) is 5.02 Å². The van der Waals surface area contributed by atoms with Gasteiger partial charge in [0.2, 0.25) is 5.78 Å². The SMILES string of the molecule is C[C@H](OC(=O)Cc1coc2ccc3ccccc3c12)C(=O)c1ccc(Cl)cc1. The van der Waals surface area contributed by atoms with Crippen molar-refractivity contribution >= 4 is 45.1 Å². The molecule has 4 aromatic rings. The number of carbonyl (C=O) groups excluding carboxylic acids is 2. The Balaban J connectivity index is 1.53. The summed E-state index contributed by atoms with van der Waals surface area (Å²) in [6.07, 6.45) is 0.715. The third-order valence-electron chi connectivity index (χ3n) is 4.68. The molecule has 0 aliphatic carbocycles. The Labute approximate surface area is 166 Å². The molecule has 1 atom stereocenters. The second-order valence-electron chi connectivity index (χ2n) is 6.60. The molecule has 0 N–H and O–H groups in total. The van der Waals surface area contributed by atoms with E-state index >= 15 is 0 Å². The van der Waals surface area contributed by atoms with Gasteiger partial charge >= 0.3 is 5.97 Å². The summed E-state index contributed by atoms with van der Waals surface area (Å²) in [5, 5.41) is 3.52. The minimum atomic E-state index is -0.886. The summed E-state index contributed by atoms with van der Waals surface area (Å²) in [5.41, 5.74) is 1.90. The van der Waals surface area contributed by atoms with Gasteiger partial charge in [-0.3, -0.25) is 9.59 Å². The first-order valence-corrected chi connectivity index (χ1v) is 9.28. The molecule has 0 radical (unpaired) electrons. The molecule has 0 spiro atoms. The van der Waals surface area contributed by atoms with Crippen LogP contribution in [0, 0.1) is 0 Å². The van der Waals surface area contributed by atoms with E-state index < -0.39 is 12.1 Å². The predicted octanol–water partition coefficient (Wildman–Crippen LogP) is 5.60. The Morgan fingerprint density at radius 3 is 2.57 bits per heavy atom. The van der Waals surface area contributed by atoms with E-state index in [0.717, 1.165) is 21.7 Å². The lowest BCUT2D eigenvalue weighted by molar-refractivity contribution is -0.145. The molecule has 4 nitrogen and oxygen atoms in total. The highest BCUT2D eigenvalue weighted by Gasteiger charge is 2.21. The lowest BCUT2D eigenvalue weighted by Gasteiger charge is -2.12. The van der Waals surface area contributed by atoms with Crippen molar-refractivity contribution in [3.8, 4) is 0 Å². The smallest absolute Gasteiger partial charge is 0.311 e. The van der Waals surface area contributed by atoms with Gasteiger partial charge in [0.1, 0.15) is 5.58 Å². The highest BCUT2D eigenvalue weighted by atomic mass is 35.5. The summed E-state index contributed by atoms with van der Waals surface area (Å²) in [7, 11) is 0. The normalized spacial score (nSPS) is 12.2. The van der Waals surface area contributed by atoms with Crippen LogP contribution in [0.25, 0.3) is 21.7 Å². The van der Waals surface area contributed by atoms with Crippen LogP contribution in [0.15, 0.2) is 71.3 Å². The predicted molar refractivity (Wildman–Crippen MR) is 109 cm³/mol. The monoisotopic (exact) mass is 392 g/mol. The zero-order valence-corrected chi connectivity index (χ0v) is 15.9. The Kier molecular flexibility index (Phi) is 4.88. The van der Waals surface area contributed by atoms with Crippen molar-refractivity contribution in [3.05, 3.63) is 83.1 Å². The molecule has 0 saturated carbocycles. The number of hydrogen-bond donors (Lipinski definition) is 0. The zero-order valence-electron chi connectivity index (χ0n) is 15.1. The maximum Gasteiger partial charge on any atom is 0.311 e. The van der Waals surface area contributed by atoms with E-state index in [4.69, 9.17) is 20.8 Å². The average Bonchev–Trinajstić information content (AvgIpc) is 3.11. The van der Waals surface area contributed by atoms with Crippen LogP contribution in [0.3, 0.4) is 0 Å². The molecule has 0 amide bonds. The summed E-state index contributed by atoms with van der Waals surface area (Å²) >= 11 is 5.84. The molecule has 5 heteroatoms. The van der Waals surface area contributed by atoms with Gasteiger partial charge in [0.15, 0.2) is 6.10 Å². The number of rotatable bonds is 5. The maximum absolute atomic E-state index is 12.5. The fraction of sp³-hybridized carbons (Fsp3) is 0.130. The van der Waals surface area contributed by atoms with E-state index in [1.165, 1.54) is 0 Å². The first kappa shape index (κ1) is 18.3. The van der Waals surface area contributed by atoms with Gasteiger partial charge in [-0.2, -0.15) is 0 Å². The number of halogens is 1. The van der Waals surface area contributed by atoms with E-state index in [2.05, 4.69) is 0 Å². The van der Waals surface area contributed by atoms with Crippen molar-refractivity contribution in [1.82, 2.24) is 0 Å². The van der Waals surface area contributed by atoms with Crippen molar-refractivity contribution < 1.29 is 18.7 Å². The van der Waals surface area contributed by atoms with E-state index in [9.17, 15) is 9.59 Å². The molecule has 140 valence electrons. The molecule has 0 saturated heterocycles. The Morgan fingerprint density at radius 1 is 1.04 bits per heavy atom. The lowest BCUT2D eigenvalue weighted by Crippen LogP contribution is -2.25. The van der Waals surface area contributed by atoms with Crippen LogP contribution in [-0.4, -0.2) is 17.9 Å². The second kappa shape index (κ2) is 7.49. The third kappa shape index (κ3) is 3.51. The third-order valence-corrected chi connectivity index (χ3v) is 4.93. The molecule has 0 fully saturated rings. The molecule has 3 aromatic carbocycles. The van der Waals surface area contributed by atoms with Crippen LogP contribution in [0.1, 0.15) is 22.8 Å². The summed E-state index contributed by atoms with van der Waals surface area (Å²) in [6.45, 7) is 1.57. The number of Topliss-reactive ketones (excluding diaryl/α,β-unsaturated/α-hetero) is 1. The van der Waals surface area contributed by atoms with Crippen molar-refractivity contribution in [2.75, 3.05) is 0 Å². The van der Waals surface area contributed by atoms with Crippen LogP contribution in [-0.2, 0) is 16.0 Å². The number of esters is 1. The van der Waals surface area contributed by atoms with Crippen LogP contribution >= 0.6 is 11.6 Å². The molecule has 0 bridgehead atoms. The van der Waals surface area contributed by atoms with E-state index in [0.29, 0.717) is 16.2 Å². The van der Waals surface area contributed by atoms with Crippen LogP contribution in [0.4, 0.5) is 0 Å². The standard InChI is InChI=1S/C23H17ClO4/c1-14(23(26)16-6-9-18(24)10-7-16)28-21(25)12-17-13-27-20-11-8-15-4-2-3-5-19(15)22(17)20/h2-11,13-14H,12H2,1H3/t14-/m0/s1. The molecule has 28 heavy (non-hydrogen) atoms. The molecular formula is C23H17ClO4. The number of ketones is 1. The minimum Gasteiger partial charge on any atom is -0.464 e. The second-order valence-corrected chi connectivity index (χ2v) is 7.04. The van der Waals surface area contributed by atoms with Crippen molar-refractivity contribution in [1.29, 1.82) is 0 Å². The van der Waals surface area contributed by atoms with Crippen LogP contribution in [0.5, 0.6) is 0 Å². The largest absolute Gasteiger partial charge is 0.464 e. The summed E-state index contributed by atoms with van der Waals surface area (Å²) in [4.78, 5) is 24.9. The first-order chi connectivity index (χ1) is 13.5. The maximum atomic E-state index is 12.5. The lowest BCUT2D eigenvalue weighted by atomic mass is 10.0. The fourth-order valence-electron chi connectivity index (χ4n) is 3.30. The van der Waals surface area contributed by atoms with Gasteiger partial charge in [0, 0.05) is 21.5 Å². The van der Waals surface area contributed by atoms with Gasteiger partial charge < -0.3 is 9.15 Å². The van der Waals surface area contributed by atoms with E-state index in [1.54, 1.807) is 37.5 Å². The molecule has 0 aliphatic rings. The highest BCUT2D eigenvalue weighted by molar-refractivity contribution is 6.30. The first-order valence-electron chi connectivity index (χ1n) is 8.90. The molecule has 1 heterocycles. The van der Waals surface area contributed by atoms with Gasteiger partial charge in [-0.15, -0.1) is 0 Å². The highest BCUT2D eigenvalue weighted by Crippen LogP contribution is 2.30. The Morgan fingerprint density at radius 2 is 1.79 bits per heavy atom. The molecule has 4 rings (SSSR count). The van der Waals surface area contributed by atoms with Crippen molar-refractivity contribution in [2.24, 2.45) is 0 Å². The van der Waals surface area contributed by atoms with Gasteiger partial charge in [-0.05, 0) is 48.0 Å². The topological polar surface area (TPSA) is 56.5 Å². The minimum absolute atomic E-state index is 0.0270. The quantitative estimate of drug-likeness (QED) is 0.328. The number of ether oxygens (including phenoxy) is 1. The average molecular weight is 393 g/mol. The summed E-state index contributed by atoms with van der Waals surface area (Å²) in [5.74, 6) is -0.752. The molecule has 1 aromatic heterocycles. The number of furan rings is 1. The zero-order chi connectivity index (χ0) is 19.7. The fourth-order valence-corrected chi connectivity index (χ4v) is 3.43. The van der Waals surface area contributed by atoms with Crippen LogP contribution < -0.4 is 0 Å². The van der Waals surface area contributed by atoms with Gasteiger partial charge in [0.05, 0.1) is 12.7 Å². The number of carbonyl (C=O) groups is 2. The number of benzene rings is 3. The summed E-state index contributed by atoms with van der Waals surface area (Å²) in [6, 6.07) is 18.3. The Bertz CT molecular complexity index is 1170. The summed E-state index contributed by atoms with van der Waals surface area (Å²) < 4.78 is 11.0. The van der Waals surface area contributed by atoms with E-state index in [-0.39, 0.29) is 12.2 Å².